The summed E-state index contributed by atoms with van der Waals surface area (Å²) < 4.78 is 0. The van der Waals surface area contributed by atoms with Crippen LogP contribution >= 0.6 is 11.6 Å². The quantitative estimate of drug-likeness (QED) is 0.470. The van der Waals surface area contributed by atoms with Gasteiger partial charge < -0.3 is 20.5 Å². The molecule has 2 heterocycles. The zero-order chi connectivity index (χ0) is 24.1. The van der Waals surface area contributed by atoms with E-state index >= 15 is 0 Å². The van der Waals surface area contributed by atoms with Gasteiger partial charge in [-0.3, -0.25) is 29.0 Å². The molecule has 4 amide bonds. The number of fused-ring (bicyclic) bond motifs is 1. The number of carboxylic acids is 1. The van der Waals surface area contributed by atoms with Gasteiger partial charge in [-0.15, -0.1) is 0 Å². The van der Waals surface area contributed by atoms with Crippen molar-refractivity contribution in [1.82, 2.24) is 20.7 Å². The first-order valence-corrected chi connectivity index (χ1v) is 10.8. The molecule has 12 heteroatoms. The standard InChI is InChI=1S/C21H23ClN4O7/c22-13-4-1-3-12(9-13)19(31)24-15-6-7-17(28)25-8-2-5-16(26(25)21(15)33)20(32)23-14(11-27)10-18(29)30/h1,3-4,9,11,14-16H,2,5-8,10H2,(H,23,32)(H,24,31)(H,29,30). The summed E-state index contributed by atoms with van der Waals surface area (Å²) in [4.78, 5) is 73.6. The molecular formula is C21H23ClN4O7. The number of hydrogen-bond acceptors (Lipinski definition) is 6. The van der Waals surface area contributed by atoms with Gasteiger partial charge in [0.2, 0.25) is 11.8 Å². The fourth-order valence-electron chi connectivity index (χ4n) is 3.88. The van der Waals surface area contributed by atoms with Crippen LogP contribution in [0.15, 0.2) is 24.3 Å². The molecule has 0 saturated carbocycles. The summed E-state index contributed by atoms with van der Waals surface area (Å²) in [6.07, 6.45) is 0.341. The molecule has 2 aliphatic heterocycles. The van der Waals surface area contributed by atoms with Gasteiger partial charge in [-0.25, -0.2) is 5.01 Å². The number of aldehydes is 1. The lowest BCUT2D eigenvalue weighted by molar-refractivity contribution is -0.176. The second kappa shape index (κ2) is 10.4. The van der Waals surface area contributed by atoms with E-state index in [4.69, 9.17) is 16.7 Å². The van der Waals surface area contributed by atoms with Crippen LogP contribution < -0.4 is 10.6 Å². The fraction of sp³-hybridized carbons (Fsp3) is 0.429. The molecule has 2 fully saturated rings. The number of amides is 4. The van der Waals surface area contributed by atoms with Crippen LogP contribution in [-0.2, 0) is 24.0 Å². The van der Waals surface area contributed by atoms with E-state index in [0.29, 0.717) is 17.7 Å². The first kappa shape index (κ1) is 24.2. The molecule has 33 heavy (non-hydrogen) atoms. The van der Waals surface area contributed by atoms with Gasteiger partial charge in [0, 0.05) is 23.6 Å². The molecule has 0 spiro atoms. The van der Waals surface area contributed by atoms with Crippen molar-refractivity contribution in [3.63, 3.8) is 0 Å². The van der Waals surface area contributed by atoms with E-state index in [0.717, 1.165) is 5.01 Å². The molecule has 3 atom stereocenters. The van der Waals surface area contributed by atoms with E-state index in [9.17, 15) is 28.8 Å². The van der Waals surface area contributed by atoms with Crippen molar-refractivity contribution in [2.45, 2.75) is 50.2 Å². The molecule has 2 aliphatic rings. The first-order chi connectivity index (χ1) is 15.7. The molecule has 0 aromatic heterocycles. The van der Waals surface area contributed by atoms with Crippen molar-refractivity contribution >= 4 is 47.5 Å². The predicted octanol–water partition coefficient (Wildman–Crippen LogP) is 0.125. The van der Waals surface area contributed by atoms with Gasteiger partial charge in [-0.1, -0.05) is 17.7 Å². The van der Waals surface area contributed by atoms with E-state index in [-0.39, 0.29) is 37.3 Å². The summed E-state index contributed by atoms with van der Waals surface area (Å²) in [6, 6.07) is 2.67. The molecule has 3 N–H and O–H groups in total. The van der Waals surface area contributed by atoms with E-state index in [1.165, 1.54) is 17.1 Å². The number of nitrogens with one attached hydrogen (secondary N) is 2. The van der Waals surface area contributed by atoms with Crippen molar-refractivity contribution in [3.05, 3.63) is 34.9 Å². The highest BCUT2D eigenvalue weighted by Gasteiger charge is 2.44. The third kappa shape index (κ3) is 5.67. The Kier molecular flexibility index (Phi) is 7.64. The maximum atomic E-state index is 13.4. The summed E-state index contributed by atoms with van der Waals surface area (Å²) >= 11 is 5.92. The Hall–Kier alpha value is -3.47. The highest BCUT2D eigenvalue weighted by molar-refractivity contribution is 6.31. The molecular weight excluding hydrogens is 456 g/mol. The van der Waals surface area contributed by atoms with Crippen LogP contribution in [-0.4, -0.2) is 75.7 Å². The number of hydrogen-bond donors (Lipinski definition) is 3. The maximum absolute atomic E-state index is 13.4. The number of halogens is 1. The van der Waals surface area contributed by atoms with Crippen LogP contribution in [0.25, 0.3) is 0 Å². The number of carboxylic acid groups (broad SMARTS) is 1. The number of benzene rings is 1. The Morgan fingerprint density at radius 1 is 1.24 bits per heavy atom. The largest absolute Gasteiger partial charge is 0.481 e. The normalized spacial score (nSPS) is 21.5. The van der Waals surface area contributed by atoms with Crippen LogP contribution in [0, 0.1) is 0 Å². The molecule has 3 rings (SSSR count). The third-order valence-electron chi connectivity index (χ3n) is 5.44. The van der Waals surface area contributed by atoms with Gasteiger partial charge in [-0.05, 0) is 37.5 Å². The highest BCUT2D eigenvalue weighted by Crippen LogP contribution is 2.25. The van der Waals surface area contributed by atoms with Crippen LogP contribution in [0.5, 0.6) is 0 Å². The SMILES string of the molecule is O=CC(CC(=O)O)NC(=O)C1CCCN2C(=O)CCC(NC(=O)c3cccc(Cl)c3)C(=O)N12. The molecule has 2 saturated heterocycles. The molecule has 11 nitrogen and oxygen atoms in total. The van der Waals surface area contributed by atoms with Crippen LogP contribution in [0.3, 0.4) is 0 Å². The average Bonchev–Trinajstić information content (AvgIpc) is 2.90. The van der Waals surface area contributed by atoms with Gasteiger partial charge in [0.05, 0.1) is 12.5 Å². The molecule has 1 aromatic carbocycles. The molecule has 176 valence electrons. The molecule has 0 bridgehead atoms. The van der Waals surface area contributed by atoms with Gasteiger partial charge in [0.1, 0.15) is 18.4 Å². The minimum absolute atomic E-state index is 0.0208. The Morgan fingerprint density at radius 3 is 2.67 bits per heavy atom. The smallest absolute Gasteiger partial charge is 0.305 e. The first-order valence-electron chi connectivity index (χ1n) is 10.4. The summed E-state index contributed by atoms with van der Waals surface area (Å²) in [5.41, 5.74) is 0.234. The van der Waals surface area contributed by atoms with Crippen LogP contribution in [0.1, 0.15) is 42.5 Å². The summed E-state index contributed by atoms with van der Waals surface area (Å²) in [5.74, 6) is -3.60. The lowest BCUT2D eigenvalue weighted by Crippen LogP contribution is -2.64. The Labute approximate surface area is 194 Å². The molecule has 0 radical (unpaired) electrons. The van der Waals surface area contributed by atoms with E-state index in [1.54, 1.807) is 12.1 Å². The number of aliphatic carboxylic acids is 1. The lowest BCUT2D eigenvalue weighted by Gasteiger charge is -2.43. The topological polar surface area (TPSA) is 153 Å². The molecule has 1 aromatic rings. The van der Waals surface area contributed by atoms with Crippen molar-refractivity contribution in [2.24, 2.45) is 0 Å². The van der Waals surface area contributed by atoms with Crippen molar-refractivity contribution in [3.8, 4) is 0 Å². The van der Waals surface area contributed by atoms with Crippen LogP contribution in [0.4, 0.5) is 0 Å². The number of nitrogens with zero attached hydrogens (tertiary/aromatic N) is 2. The Balaban J connectivity index is 1.81. The monoisotopic (exact) mass is 478 g/mol. The number of carbonyl (C=O) groups is 6. The predicted molar refractivity (Wildman–Crippen MR) is 114 cm³/mol. The van der Waals surface area contributed by atoms with Crippen molar-refractivity contribution in [2.75, 3.05) is 6.54 Å². The Morgan fingerprint density at radius 2 is 2.00 bits per heavy atom. The summed E-state index contributed by atoms with van der Waals surface area (Å²) in [6.45, 7) is 0.218. The molecule has 0 aliphatic carbocycles. The fourth-order valence-corrected chi connectivity index (χ4v) is 4.07. The number of carbonyl (C=O) groups excluding carboxylic acids is 5. The van der Waals surface area contributed by atoms with Gasteiger partial charge in [0.15, 0.2) is 0 Å². The average molecular weight is 479 g/mol. The third-order valence-corrected chi connectivity index (χ3v) is 5.68. The molecule has 3 unspecified atom stereocenters. The second-order valence-corrected chi connectivity index (χ2v) is 8.22. The van der Waals surface area contributed by atoms with E-state index in [1.807, 2.05) is 0 Å². The van der Waals surface area contributed by atoms with Gasteiger partial charge in [-0.2, -0.15) is 0 Å². The van der Waals surface area contributed by atoms with Crippen LogP contribution in [0.2, 0.25) is 5.02 Å². The highest BCUT2D eigenvalue weighted by atomic mass is 35.5. The lowest BCUT2D eigenvalue weighted by atomic mass is 10.0. The summed E-state index contributed by atoms with van der Waals surface area (Å²) in [7, 11) is 0. The Bertz CT molecular complexity index is 985. The maximum Gasteiger partial charge on any atom is 0.305 e. The van der Waals surface area contributed by atoms with E-state index in [2.05, 4.69) is 10.6 Å². The van der Waals surface area contributed by atoms with Gasteiger partial charge >= 0.3 is 5.97 Å². The van der Waals surface area contributed by atoms with Crippen molar-refractivity contribution in [1.29, 1.82) is 0 Å². The number of rotatable bonds is 7. The number of hydrazine groups is 1. The summed E-state index contributed by atoms with van der Waals surface area (Å²) in [5, 5.41) is 16.4. The van der Waals surface area contributed by atoms with E-state index < -0.39 is 48.2 Å². The van der Waals surface area contributed by atoms with Crippen molar-refractivity contribution < 1.29 is 33.9 Å². The second-order valence-electron chi connectivity index (χ2n) is 7.78. The van der Waals surface area contributed by atoms with Gasteiger partial charge in [0.25, 0.3) is 11.8 Å². The zero-order valence-electron chi connectivity index (χ0n) is 17.5. The minimum atomic E-state index is -1.28. The minimum Gasteiger partial charge on any atom is -0.481 e. The zero-order valence-corrected chi connectivity index (χ0v) is 18.3.